The van der Waals surface area contributed by atoms with Gasteiger partial charge >= 0.3 is 13.2 Å². The van der Waals surface area contributed by atoms with Crippen molar-refractivity contribution in [3.63, 3.8) is 0 Å². The SMILES string of the molecule is CC1(C)OB(c2ccc(C#Cc3ccc4nc(C5CCCN5C(=O)O)[nH]c4c3)cc2)OC1(C)C. The standard InChI is InChI=1S/C26H28BN3O4/c1-25(2)26(3,4)34-27(33-25)19-12-9-17(10-13-19)7-8-18-11-14-20-21(16-18)29-23(28-20)22-6-5-15-30(22)24(31)32/h9-14,16,22H,5-6,15H2,1-4H3,(H,28,29)(H,31,32). The van der Waals surface area contributed by atoms with Crippen molar-refractivity contribution < 1.29 is 19.2 Å². The lowest BCUT2D eigenvalue weighted by Crippen LogP contribution is -2.41. The van der Waals surface area contributed by atoms with Gasteiger partial charge in [-0.15, -0.1) is 0 Å². The number of benzene rings is 2. The van der Waals surface area contributed by atoms with E-state index in [0.29, 0.717) is 12.4 Å². The van der Waals surface area contributed by atoms with E-state index in [1.54, 1.807) is 0 Å². The van der Waals surface area contributed by atoms with E-state index in [-0.39, 0.29) is 24.4 Å². The van der Waals surface area contributed by atoms with Gasteiger partial charge in [0.15, 0.2) is 0 Å². The number of aromatic amines is 1. The zero-order valence-corrected chi connectivity index (χ0v) is 19.9. The number of aromatic nitrogens is 2. The third-order valence-corrected chi connectivity index (χ3v) is 7.10. The van der Waals surface area contributed by atoms with Gasteiger partial charge in [0.25, 0.3) is 0 Å². The van der Waals surface area contributed by atoms with Gasteiger partial charge in [-0.05, 0) is 76.3 Å². The first-order valence-corrected chi connectivity index (χ1v) is 11.6. The quantitative estimate of drug-likeness (QED) is 0.448. The molecular weight excluding hydrogens is 429 g/mol. The third-order valence-electron chi connectivity index (χ3n) is 7.10. The van der Waals surface area contributed by atoms with Crippen molar-refractivity contribution in [2.45, 2.75) is 57.8 Å². The van der Waals surface area contributed by atoms with E-state index in [1.165, 1.54) is 4.90 Å². The van der Waals surface area contributed by atoms with Crippen molar-refractivity contribution >= 4 is 29.7 Å². The molecule has 7 nitrogen and oxygen atoms in total. The average Bonchev–Trinajstić information content (AvgIpc) is 3.48. The van der Waals surface area contributed by atoms with Crippen molar-refractivity contribution in [2.75, 3.05) is 6.54 Å². The maximum Gasteiger partial charge on any atom is 0.494 e. The normalized spacial score (nSPS) is 21.0. The summed E-state index contributed by atoms with van der Waals surface area (Å²) in [4.78, 5) is 20.9. The van der Waals surface area contributed by atoms with Gasteiger partial charge in [-0.2, -0.15) is 0 Å². The minimum atomic E-state index is -0.904. The fourth-order valence-electron chi connectivity index (χ4n) is 4.39. The summed E-state index contributed by atoms with van der Waals surface area (Å²) in [5.74, 6) is 7.11. The van der Waals surface area contributed by atoms with E-state index >= 15 is 0 Å². The summed E-state index contributed by atoms with van der Waals surface area (Å²) in [5.41, 5.74) is 3.65. The first-order chi connectivity index (χ1) is 16.1. The first kappa shape index (κ1) is 22.5. The molecule has 174 valence electrons. The van der Waals surface area contributed by atoms with E-state index in [1.807, 2.05) is 70.2 Å². The van der Waals surface area contributed by atoms with Crippen LogP contribution in [-0.4, -0.2) is 50.9 Å². The molecule has 1 aromatic heterocycles. The lowest BCUT2D eigenvalue weighted by Gasteiger charge is -2.32. The van der Waals surface area contributed by atoms with Crippen LogP contribution in [-0.2, 0) is 9.31 Å². The Bertz CT molecular complexity index is 1290. The second kappa shape index (κ2) is 8.19. The van der Waals surface area contributed by atoms with Crippen LogP contribution in [0.5, 0.6) is 0 Å². The molecule has 2 aromatic carbocycles. The molecule has 2 aliphatic rings. The number of carbonyl (C=O) groups is 1. The Kier molecular flexibility index (Phi) is 5.42. The first-order valence-electron chi connectivity index (χ1n) is 11.6. The Balaban J connectivity index is 1.32. The predicted molar refractivity (Wildman–Crippen MR) is 131 cm³/mol. The summed E-state index contributed by atoms with van der Waals surface area (Å²) in [6, 6.07) is 13.5. The van der Waals surface area contributed by atoms with E-state index in [0.717, 1.165) is 40.5 Å². The maximum atomic E-state index is 11.5. The number of likely N-dealkylation sites (tertiary alicyclic amines) is 1. The summed E-state index contributed by atoms with van der Waals surface area (Å²) >= 11 is 0. The topological polar surface area (TPSA) is 87.7 Å². The largest absolute Gasteiger partial charge is 0.494 e. The zero-order chi connectivity index (χ0) is 24.1. The van der Waals surface area contributed by atoms with Crippen LogP contribution in [0, 0.1) is 11.8 Å². The minimum Gasteiger partial charge on any atom is -0.465 e. The van der Waals surface area contributed by atoms with Crippen molar-refractivity contribution in [3.8, 4) is 11.8 Å². The number of amides is 1. The molecule has 1 amide bonds. The van der Waals surface area contributed by atoms with E-state index < -0.39 is 6.09 Å². The summed E-state index contributed by atoms with van der Waals surface area (Å²) in [5, 5.41) is 9.42. The number of nitrogens with one attached hydrogen (secondary N) is 1. The predicted octanol–water partition coefficient (Wildman–Crippen LogP) is 4.08. The Hall–Kier alpha value is -3.28. The molecule has 0 bridgehead atoms. The molecule has 0 saturated carbocycles. The smallest absolute Gasteiger partial charge is 0.465 e. The van der Waals surface area contributed by atoms with Gasteiger partial charge in [-0.1, -0.05) is 24.0 Å². The second-order valence-electron chi connectivity index (χ2n) is 9.95. The van der Waals surface area contributed by atoms with Gasteiger partial charge in [0.2, 0.25) is 0 Å². The van der Waals surface area contributed by atoms with Crippen LogP contribution in [0.3, 0.4) is 0 Å². The van der Waals surface area contributed by atoms with Crippen molar-refractivity contribution in [2.24, 2.45) is 0 Å². The fourth-order valence-corrected chi connectivity index (χ4v) is 4.39. The fraction of sp³-hybridized carbons (Fsp3) is 0.385. The molecule has 8 heteroatoms. The van der Waals surface area contributed by atoms with Gasteiger partial charge < -0.3 is 19.4 Å². The number of H-pyrrole nitrogens is 1. The molecule has 5 rings (SSSR count). The zero-order valence-electron chi connectivity index (χ0n) is 19.9. The van der Waals surface area contributed by atoms with Crippen molar-refractivity contribution in [3.05, 3.63) is 59.4 Å². The van der Waals surface area contributed by atoms with Crippen LogP contribution in [0.25, 0.3) is 11.0 Å². The highest BCUT2D eigenvalue weighted by molar-refractivity contribution is 6.62. The van der Waals surface area contributed by atoms with Gasteiger partial charge in [0, 0.05) is 17.7 Å². The number of carboxylic acid groups (broad SMARTS) is 1. The monoisotopic (exact) mass is 457 g/mol. The van der Waals surface area contributed by atoms with Crippen molar-refractivity contribution in [1.29, 1.82) is 0 Å². The summed E-state index contributed by atoms with van der Waals surface area (Å²) in [7, 11) is -0.388. The molecule has 2 aliphatic heterocycles. The Labute approximate surface area is 199 Å². The van der Waals surface area contributed by atoms with Gasteiger partial charge in [0.1, 0.15) is 5.82 Å². The van der Waals surface area contributed by atoms with Crippen molar-refractivity contribution in [1.82, 2.24) is 14.9 Å². The van der Waals surface area contributed by atoms with Gasteiger partial charge in [0.05, 0.1) is 28.3 Å². The van der Waals surface area contributed by atoms with Crippen LogP contribution in [0.4, 0.5) is 4.79 Å². The van der Waals surface area contributed by atoms with Crippen LogP contribution < -0.4 is 5.46 Å². The summed E-state index contributed by atoms with van der Waals surface area (Å²) in [6.07, 6.45) is 0.720. The molecule has 0 spiro atoms. The maximum absolute atomic E-state index is 11.5. The molecule has 1 atom stereocenters. The van der Waals surface area contributed by atoms with Gasteiger partial charge in [-0.25, -0.2) is 9.78 Å². The molecule has 3 aromatic rings. The molecular formula is C26H28BN3O4. The Morgan fingerprint density at radius 2 is 1.74 bits per heavy atom. The molecule has 2 saturated heterocycles. The summed E-state index contributed by atoms with van der Waals surface area (Å²) < 4.78 is 12.2. The number of nitrogens with zero attached hydrogens (tertiary/aromatic N) is 2. The molecule has 2 fully saturated rings. The highest BCUT2D eigenvalue weighted by Gasteiger charge is 2.51. The lowest BCUT2D eigenvalue weighted by molar-refractivity contribution is 0.00578. The lowest BCUT2D eigenvalue weighted by atomic mass is 9.79. The number of hydrogen-bond donors (Lipinski definition) is 2. The minimum absolute atomic E-state index is 0.220. The molecule has 0 radical (unpaired) electrons. The molecule has 0 aliphatic carbocycles. The van der Waals surface area contributed by atoms with Gasteiger partial charge in [-0.3, -0.25) is 4.90 Å². The van der Waals surface area contributed by atoms with Crippen LogP contribution >= 0.6 is 0 Å². The molecule has 3 heterocycles. The van der Waals surface area contributed by atoms with Crippen LogP contribution in [0.2, 0.25) is 0 Å². The average molecular weight is 457 g/mol. The summed E-state index contributed by atoms with van der Waals surface area (Å²) in [6.45, 7) is 8.72. The Morgan fingerprint density at radius 1 is 1.09 bits per heavy atom. The third kappa shape index (κ3) is 4.06. The molecule has 2 N–H and O–H groups in total. The second-order valence-corrected chi connectivity index (χ2v) is 9.95. The highest BCUT2D eigenvalue weighted by atomic mass is 16.7. The number of imidazole rings is 1. The number of rotatable bonds is 2. The molecule has 34 heavy (non-hydrogen) atoms. The number of hydrogen-bond acceptors (Lipinski definition) is 4. The Morgan fingerprint density at radius 3 is 2.41 bits per heavy atom. The highest BCUT2D eigenvalue weighted by Crippen LogP contribution is 2.36. The van der Waals surface area contributed by atoms with E-state index in [2.05, 4.69) is 21.8 Å². The molecule has 1 unspecified atom stereocenters. The van der Waals surface area contributed by atoms with Crippen LogP contribution in [0.1, 0.15) is 63.5 Å². The van der Waals surface area contributed by atoms with Crippen LogP contribution in [0.15, 0.2) is 42.5 Å². The van der Waals surface area contributed by atoms with E-state index in [4.69, 9.17) is 9.31 Å². The number of fused-ring (bicyclic) bond motifs is 1. The van der Waals surface area contributed by atoms with E-state index in [9.17, 15) is 9.90 Å².